The highest BCUT2D eigenvalue weighted by molar-refractivity contribution is 7.85. The van der Waals surface area contributed by atoms with Crippen molar-refractivity contribution in [2.75, 3.05) is 102 Å². The maximum absolute atomic E-state index is 12.8. The number of aryl methyl sites for hydroxylation is 2. The molecule has 0 amide bonds. The number of esters is 1. The van der Waals surface area contributed by atoms with E-state index in [1.54, 1.807) is 0 Å². The van der Waals surface area contributed by atoms with Gasteiger partial charge in [-0.2, -0.15) is 9.97 Å². The number of carbonyl (C=O) groups excluding carboxylic acids is 1. The van der Waals surface area contributed by atoms with Crippen LogP contribution in [0.5, 0.6) is 0 Å². The van der Waals surface area contributed by atoms with Crippen LogP contribution in [-0.4, -0.2) is 118 Å². The van der Waals surface area contributed by atoms with Gasteiger partial charge in [0, 0.05) is 105 Å². The van der Waals surface area contributed by atoms with E-state index in [1.807, 2.05) is 53.4 Å². The molecule has 3 saturated heterocycles. The maximum atomic E-state index is 12.8. The number of anilines is 5. The second-order valence-electron chi connectivity index (χ2n) is 14.7. The summed E-state index contributed by atoms with van der Waals surface area (Å²) in [5.41, 5.74) is 4.00. The third-order valence-electron chi connectivity index (χ3n) is 11.1. The van der Waals surface area contributed by atoms with Crippen molar-refractivity contribution < 1.29 is 17.9 Å². The molecular formula is C39H44Cl3N9O4S2. The lowest BCUT2D eigenvalue weighted by molar-refractivity contribution is -0.142. The number of hydrogen-bond donors (Lipinski definition) is 0. The molecule has 3 fully saturated rings. The minimum absolute atomic E-state index is 0.270. The molecule has 57 heavy (non-hydrogen) atoms. The molecule has 0 radical (unpaired) electrons. The van der Waals surface area contributed by atoms with Gasteiger partial charge in [-0.15, -0.1) is 0 Å². The van der Waals surface area contributed by atoms with Gasteiger partial charge < -0.3 is 29.2 Å². The van der Waals surface area contributed by atoms with Gasteiger partial charge in [0.2, 0.25) is 11.9 Å². The van der Waals surface area contributed by atoms with E-state index in [2.05, 4.69) is 36.5 Å². The van der Waals surface area contributed by atoms with Crippen LogP contribution in [0.3, 0.4) is 0 Å². The van der Waals surface area contributed by atoms with Crippen molar-refractivity contribution in [2.45, 2.75) is 42.0 Å². The van der Waals surface area contributed by atoms with Crippen molar-refractivity contribution in [1.29, 1.82) is 0 Å². The van der Waals surface area contributed by atoms with Crippen LogP contribution in [0.15, 0.2) is 58.3 Å². The lowest BCUT2D eigenvalue weighted by atomic mass is 10.1. The Morgan fingerprint density at radius 1 is 0.667 bits per heavy atom. The van der Waals surface area contributed by atoms with Crippen molar-refractivity contribution in [2.24, 2.45) is 5.92 Å². The van der Waals surface area contributed by atoms with Gasteiger partial charge in [-0.3, -0.25) is 8.42 Å². The van der Waals surface area contributed by atoms with Crippen LogP contribution in [0.2, 0.25) is 15.2 Å². The molecule has 2 aromatic heterocycles. The van der Waals surface area contributed by atoms with Crippen LogP contribution in [0.1, 0.15) is 24.7 Å². The van der Waals surface area contributed by atoms with Gasteiger partial charge in [-0.25, -0.2) is 14.8 Å². The molecule has 18 heteroatoms. The highest BCUT2D eigenvalue weighted by Crippen LogP contribution is 2.38. The number of rotatable bonds is 6. The Hall–Kier alpha value is -3.76. The number of ether oxygens (including phenoxy) is 1. The number of hydrogen-bond acceptors (Lipinski definition) is 13. The molecule has 13 nitrogen and oxygen atoms in total. The normalized spacial score (nSPS) is 22.9. The number of nitrogens with zero attached hydrogens (tertiary/aromatic N) is 9. The molecule has 0 aliphatic carbocycles. The summed E-state index contributed by atoms with van der Waals surface area (Å²) in [7, 11) is -0.784. The minimum Gasteiger partial charge on any atom is -0.467 e. The molecule has 0 saturated carbocycles. The topological polar surface area (TPSA) is 128 Å². The standard InChI is InChI=1S/C23H28ClN5O3S.C16H16Cl2N4OS/c1-15-13-19(22(30)32-2)29(14-15)21-20-18(7-12-33(20)31)25-23(26-21)28-10-8-27(9-11-28)17-5-3-16(24)4-6-17;17-11-1-3-12(4-2-11)21-6-8-22(9-7-21)16-19-13-5-10-24(23)14(13)15(18)20-16/h3-6,15,19H,7-14H2,1-2H3;1-4H,5-10H2/t15-,19+,33?;/m1./s1. The van der Waals surface area contributed by atoms with Crippen LogP contribution in [0.25, 0.3) is 0 Å². The number of benzene rings is 2. The second-order valence-corrected chi connectivity index (χ2v) is 19.0. The average molecular weight is 873 g/mol. The molecule has 4 aromatic rings. The first-order valence-corrected chi connectivity index (χ1v) is 22.9. The molecule has 5 aliphatic heterocycles. The molecular weight excluding hydrogens is 829 g/mol. The van der Waals surface area contributed by atoms with Crippen molar-refractivity contribution in [3.05, 3.63) is 75.1 Å². The third kappa shape index (κ3) is 8.54. The number of methoxy groups -OCH3 is 1. The van der Waals surface area contributed by atoms with Crippen LogP contribution >= 0.6 is 34.8 Å². The largest absolute Gasteiger partial charge is 0.467 e. The first kappa shape index (κ1) is 40.0. The van der Waals surface area contributed by atoms with Crippen molar-refractivity contribution in [3.8, 4) is 0 Å². The molecule has 9 rings (SSSR count). The zero-order valence-electron chi connectivity index (χ0n) is 31.8. The van der Waals surface area contributed by atoms with Crippen LogP contribution < -0.4 is 24.5 Å². The Balaban J connectivity index is 0.000000168. The SMILES string of the molecule is COC(=O)[C@@H]1C[C@@H](C)CN1c1nc(N2CCN(c3ccc(Cl)cc3)CC2)nc2c1S(=O)CC2.O=S1CCc2nc(N3CCN(c4ccc(Cl)cc4)CC3)nc(Cl)c21. The second kappa shape index (κ2) is 17.2. The molecule has 2 unspecified atom stereocenters. The summed E-state index contributed by atoms with van der Waals surface area (Å²) in [6.07, 6.45) is 2.08. The van der Waals surface area contributed by atoms with Gasteiger partial charge in [0.05, 0.1) is 45.0 Å². The maximum Gasteiger partial charge on any atom is 0.328 e. The van der Waals surface area contributed by atoms with Gasteiger partial charge >= 0.3 is 5.97 Å². The van der Waals surface area contributed by atoms with Gasteiger partial charge in [-0.1, -0.05) is 41.7 Å². The van der Waals surface area contributed by atoms with Gasteiger partial charge in [-0.05, 0) is 60.9 Å². The summed E-state index contributed by atoms with van der Waals surface area (Å²) < 4.78 is 29.8. The minimum atomic E-state index is -1.15. The Kier molecular flexibility index (Phi) is 12.1. The Labute approximate surface area is 352 Å². The summed E-state index contributed by atoms with van der Waals surface area (Å²) in [6.45, 7) is 9.44. The van der Waals surface area contributed by atoms with Crippen LogP contribution in [0, 0.1) is 5.92 Å². The van der Waals surface area contributed by atoms with Gasteiger partial charge in [0.1, 0.15) is 10.9 Å². The summed E-state index contributed by atoms with van der Waals surface area (Å²) in [6, 6.07) is 15.4. The fourth-order valence-electron chi connectivity index (χ4n) is 8.06. The van der Waals surface area contributed by atoms with E-state index >= 15 is 0 Å². The van der Waals surface area contributed by atoms with Crippen molar-refractivity contribution in [3.63, 3.8) is 0 Å². The Bertz CT molecular complexity index is 2170. The number of piperazine rings is 2. The van der Waals surface area contributed by atoms with E-state index in [0.29, 0.717) is 75.9 Å². The summed E-state index contributed by atoms with van der Waals surface area (Å²) in [5, 5.41) is 1.82. The highest BCUT2D eigenvalue weighted by atomic mass is 35.5. The molecule has 0 spiro atoms. The molecule has 302 valence electrons. The third-order valence-corrected chi connectivity index (χ3v) is 14.9. The van der Waals surface area contributed by atoms with E-state index < -0.39 is 27.6 Å². The van der Waals surface area contributed by atoms with E-state index in [-0.39, 0.29) is 5.97 Å². The monoisotopic (exact) mass is 871 g/mol. The highest BCUT2D eigenvalue weighted by Gasteiger charge is 2.40. The zero-order valence-corrected chi connectivity index (χ0v) is 35.7. The number of halogens is 3. The lowest BCUT2D eigenvalue weighted by Gasteiger charge is -2.36. The molecule has 2 aromatic carbocycles. The van der Waals surface area contributed by atoms with Gasteiger partial charge in [0.25, 0.3) is 0 Å². The summed E-state index contributed by atoms with van der Waals surface area (Å²) in [4.78, 5) is 43.5. The van der Waals surface area contributed by atoms with E-state index in [1.165, 1.54) is 12.8 Å². The lowest BCUT2D eigenvalue weighted by Crippen LogP contribution is -2.47. The Morgan fingerprint density at radius 2 is 1.12 bits per heavy atom. The average Bonchev–Trinajstić information content (AvgIpc) is 3.94. The first-order valence-electron chi connectivity index (χ1n) is 19.2. The number of carbonyl (C=O) groups is 1. The fraction of sp³-hybridized carbons (Fsp3) is 0.462. The predicted octanol–water partition coefficient (Wildman–Crippen LogP) is 5.28. The molecule has 0 N–H and O–H groups in total. The molecule has 5 aliphatic rings. The van der Waals surface area contributed by atoms with Crippen LogP contribution in [0.4, 0.5) is 29.1 Å². The summed E-state index contributed by atoms with van der Waals surface area (Å²) in [5.74, 6) is 3.14. The first-order chi connectivity index (χ1) is 27.6. The summed E-state index contributed by atoms with van der Waals surface area (Å²) >= 11 is 18.2. The van der Waals surface area contributed by atoms with E-state index in [0.717, 1.165) is 79.5 Å². The smallest absolute Gasteiger partial charge is 0.328 e. The van der Waals surface area contributed by atoms with E-state index in [4.69, 9.17) is 49.5 Å². The predicted molar refractivity (Wildman–Crippen MR) is 228 cm³/mol. The van der Waals surface area contributed by atoms with E-state index in [9.17, 15) is 13.2 Å². The number of aromatic nitrogens is 4. The molecule has 4 atom stereocenters. The molecule has 7 heterocycles. The van der Waals surface area contributed by atoms with Crippen molar-refractivity contribution in [1.82, 2.24) is 19.9 Å². The quantitative estimate of drug-likeness (QED) is 0.184. The zero-order chi connectivity index (χ0) is 39.8. The van der Waals surface area contributed by atoms with Crippen LogP contribution in [-0.2, 0) is 44.0 Å². The molecule has 0 bridgehead atoms. The Morgan fingerprint density at radius 3 is 1.63 bits per heavy atom. The van der Waals surface area contributed by atoms with Gasteiger partial charge in [0.15, 0.2) is 11.0 Å². The van der Waals surface area contributed by atoms with Crippen molar-refractivity contribution >= 4 is 91.5 Å². The fourth-order valence-corrected chi connectivity index (χ4v) is 11.3. The number of fused-ring (bicyclic) bond motifs is 2.